The number of fused-ring (bicyclic) bond motifs is 1. The van der Waals surface area contributed by atoms with Gasteiger partial charge >= 0.3 is 0 Å². The molecule has 0 bridgehead atoms. The van der Waals surface area contributed by atoms with Gasteiger partial charge in [-0.05, 0) is 86.2 Å². The number of hydrogen-bond acceptors (Lipinski definition) is 2. The Bertz CT molecular complexity index is 855. The highest BCUT2D eigenvalue weighted by Crippen LogP contribution is 2.48. The van der Waals surface area contributed by atoms with E-state index in [2.05, 4.69) is 17.4 Å². The van der Waals surface area contributed by atoms with Gasteiger partial charge in [0.05, 0.1) is 0 Å². The minimum atomic E-state index is 0.174. The number of rotatable bonds is 6. The number of nitrogens with one attached hydrogen (secondary N) is 1. The highest BCUT2D eigenvalue weighted by atomic mass is 35.5. The minimum Gasteiger partial charge on any atom is -0.314 e. The fraction of sp³-hybridized carbons (Fsp3) is 0.458. The van der Waals surface area contributed by atoms with Crippen LogP contribution in [0.1, 0.15) is 60.0 Å². The van der Waals surface area contributed by atoms with Gasteiger partial charge in [0.1, 0.15) is 0 Å². The van der Waals surface area contributed by atoms with Crippen LogP contribution in [-0.4, -0.2) is 18.4 Å². The normalized spacial score (nSPS) is 23.7. The van der Waals surface area contributed by atoms with Crippen LogP contribution >= 0.6 is 23.2 Å². The van der Waals surface area contributed by atoms with Crippen LogP contribution in [0.5, 0.6) is 0 Å². The van der Waals surface area contributed by atoms with E-state index in [1.807, 2.05) is 18.2 Å². The van der Waals surface area contributed by atoms with E-state index in [1.165, 1.54) is 43.2 Å². The standard InChI is InChI=1S/C24H27Cl2NO/c25-19-6-1-4-17(14-19)23(28)8-3-13-27-20-9-11-24(12-10-20)15-18-5-2-7-22(26)21(18)16-24/h1-2,4-7,14,20,27H,3,8-13,15-16H2. The summed E-state index contributed by atoms with van der Waals surface area (Å²) < 4.78 is 0. The first-order chi connectivity index (χ1) is 13.5. The van der Waals surface area contributed by atoms with Crippen molar-refractivity contribution < 1.29 is 4.79 Å². The highest BCUT2D eigenvalue weighted by molar-refractivity contribution is 6.31. The summed E-state index contributed by atoms with van der Waals surface area (Å²) in [5.74, 6) is 0.174. The van der Waals surface area contributed by atoms with Gasteiger partial charge in [0.25, 0.3) is 0 Å². The molecule has 0 radical (unpaired) electrons. The molecule has 4 heteroatoms. The number of carbonyl (C=O) groups is 1. The van der Waals surface area contributed by atoms with Crippen molar-refractivity contribution in [1.29, 1.82) is 0 Å². The Morgan fingerprint density at radius 3 is 2.61 bits per heavy atom. The topological polar surface area (TPSA) is 29.1 Å². The molecule has 0 heterocycles. The zero-order chi connectivity index (χ0) is 19.6. The van der Waals surface area contributed by atoms with Gasteiger partial charge in [-0.3, -0.25) is 4.79 Å². The average Bonchev–Trinajstić information content (AvgIpc) is 3.06. The largest absolute Gasteiger partial charge is 0.314 e. The molecule has 4 rings (SSSR count). The lowest BCUT2D eigenvalue weighted by atomic mass is 9.70. The van der Waals surface area contributed by atoms with Crippen molar-refractivity contribution in [2.24, 2.45) is 5.41 Å². The lowest BCUT2D eigenvalue weighted by Gasteiger charge is -2.37. The molecule has 0 unspecified atom stereocenters. The molecule has 2 aromatic carbocycles. The molecule has 2 aliphatic carbocycles. The number of Topliss-reactive ketones (excluding diaryl/α,β-unsaturated/α-hetero) is 1. The van der Waals surface area contributed by atoms with Gasteiger partial charge in [-0.15, -0.1) is 0 Å². The molecule has 2 aliphatic rings. The Morgan fingerprint density at radius 2 is 1.86 bits per heavy atom. The molecule has 2 aromatic rings. The van der Waals surface area contributed by atoms with Gasteiger partial charge in [0.15, 0.2) is 5.78 Å². The van der Waals surface area contributed by atoms with E-state index >= 15 is 0 Å². The van der Waals surface area contributed by atoms with E-state index in [1.54, 1.807) is 12.1 Å². The Morgan fingerprint density at radius 1 is 1.07 bits per heavy atom. The molecule has 148 valence electrons. The number of hydrogen-bond donors (Lipinski definition) is 1. The van der Waals surface area contributed by atoms with Gasteiger partial charge in [-0.25, -0.2) is 0 Å². The van der Waals surface area contributed by atoms with Crippen molar-refractivity contribution in [2.45, 2.75) is 57.4 Å². The maximum absolute atomic E-state index is 12.3. The quantitative estimate of drug-likeness (QED) is 0.444. The predicted octanol–water partition coefficient (Wildman–Crippen LogP) is 6.27. The summed E-state index contributed by atoms with van der Waals surface area (Å²) in [7, 11) is 0. The molecule has 1 N–H and O–H groups in total. The lowest BCUT2D eigenvalue weighted by Crippen LogP contribution is -2.38. The van der Waals surface area contributed by atoms with Crippen molar-refractivity contribution in [3.05, 3.63) is 69.2 Å². The second kappa shape index (κ2) is 8.57. The molecule has 1 saturated carbocycles. The molecule has 0 aromatic heterocycles. The zero-order valence-electron chi connectivity index (χ0n) is 16.1. The van der Waals surface area contributed by atoms with Crippen LogP contribution < -0.4 is 5.32 Å². The van der Waals surface area contributed by atoms with E-state index in [9.17, 15) is 4.79 Å². The Kier molecular flexibility index (Phi) is 6.10. The first kappa shape index (κ1) is 19.9. The molecular weight excluding hydrogens is 389 g/mol. The van der Waals surface area contributed by atoms with Gasteiger partial charge in [-0.2, -0.15) is 0 Å². The first-order valence-corrected chi connectivity index (χ1v) is 11.1. The van der Waals surface area contributed by atoms with Crippen molar-refractivity contribution in [3.8, 4) is 0 Å². The molecular formula is C24H27Cl2NO. The number of carbonyl (C=O) groups excluding carboxylic acids is 1. The van der Waals surface area contributed by atoms with Crippen LogP contribution in [0.3, 0.4) is 0 Å². The van der Waals surface area contributed by atoms with Crippen LogP contribution in [0.25, 0.3) is 0 Å². The van der Waals surface area contributed by atoms with Crippen molar-refractivity contribution in [1.82, 2.24) is 5.32 Å². The summed E-state index contributed by atoms with van der Waals surface area (Å²) in [4.78, 5) is 12.3. The van der Waals surface area contributed by atoms with Gasteiger partial charge < -0.3 is 5.32 Å². The number of ketones is 1. The Balaban J connectivity index is 1.20. The van der Waals surface area contributed by atoms with E-state index in [4.69, 9.17) is 23.2 Å². The van der Waals surface area contributed by atoms with Gasteiger partial charge in [-0.1, -0.05) is 47.5 Å². The lowest BCUT2D eigenvalue weighted by molar-refractivity contribution is 0.0979. The molecule has 1 fully saturated rings. The van der Waals surface area contributed by atoms with Crippen LogP contribution in [0.4, 0.5) is 0 Å². The smallest absolute Gasteiger partial charge is 0.162 e. The third-order valence-corrected chi connectivity index (χ3v) is 7.13. The summed E-state index contributed by atoms with van der Waals surface area (Å²) in [6, 6.07) is 14.2. The third-order valence-electron chi connectivity index (χ3n) is 6.54. The Labute approximate surface area is 177 Å². The molecule has 28 heavy (non-hydrogen) atoms. The SMILES string of the molecule is O=C(CCCNC1CCC2(CC1)Cc1cccc(Cl)c1C2)c1cccc(Cl)c1. The fourth-order valence-corrected chi connectivity index (χ4v) is 5.41. The van der Waals surface area contributed by atoms with E-state index in [0.717, 1.165) is 24.4 Å². The average molecular weight is 416 g/mol. The second-order valence-electron chi connectivity index (χ2n) is 8.50. The molecule has 0 atom stereocenters. The molecule has 0 saturated heterocycles. The Hall–Kier alpha value is -1.35. The van der Waals surface area contributed by atoms with Crippen molar-refractivity contribution in [2.75, 3.05) is 6.54 Å². The predicted molar refractivity (Wildman–Crippen MR) is 117 cm³/mol. The monoisotopic (exact) mass is 415 g/mol. The van der Waals surface area contributed by atoms with Crippen LogP contribution in [0.15, 0.2) is 42.5 Å². The van der Waals surface area contributed by atoms with Gasteiger partial charge in [0, 0.05) is 28.1 Å². The first-order valence-electron chi connectivity index (χ1n) is 10.3. The van der Waals surface area contributed by atoms with Gasteiger partial charge in [0.2, 0.25) is 0 Å². The van der Waals surface area contributed by atoms with E-state index in [0.29, 0.717) is 28.5 Å². The van der Waals surface area contributed by atoms with Crippen molar-refractivity contribution in [3.63, 3.8) is 0 Å². The summed E-state index contributed by atoms with van der Waals surface area (Å²) in [5.41, 5.74) is 3.98. The van der Waals surface area contributed by atoms with Crippen LogP contribution in [0, 0.1) is 5.41 Å². The second-order valence-corrected chi connectivity index (χ2v) is 9.34. The van der Waals surface area contributed by atoms with E-state index in [-0.39, 0.29) is 5.78 Å². The number of benzene rings is 2. The summed E-state index contributed by atoms with van der Waals surface area (Å²) in [6.45, 7) is 0.899. The maximum atomic E-state index is 12.3. The minimum absolute atomic E-state index is 0.174. The molecule has 1 spiro atoms. The number of halogens is 2. The van der Waals surface area contributed by atoms with E-state index < -0.39 is 0 Å². The third kappa shape index (κ3) is 4.45. The maximum Gasteiger partial charge on any atom is 0.162 e. The zero-order valence-corrected chi connectivity index (χ0v) is 17.7. The summed E-state index contributed by atoms with van der Waals surface area (Å²) >= 11 is 12.4. The van der Waals surface area contributed by atoms with Crippen molar-refractivity contribution >= 4 is 29.0 Å². The molecule has 0 amide bonds. The summed E-state index contributed by atoms with van der Waals surface area (Å²) in [6.07, 6.45) is 8.72. The summed E-state index contributed by atoms with van der Waals surface area (Å²) in [5, 5.41) is 5.24. The fourth-order valence-electron chi connectivity index (χ4n) is 4.96. The molecule has 0 aliphatic heterocycles. The van der Waals surface area contributed by atoms with Crippen LogP contribution in [0.2, 0.25) is 10.0 Å². The van der Waals surface area contributed by atoms with Crippen LogP contribution in [-0.2, 0) is 12.8 Å². The highest BCUT2D eigenvalue weighted by Gasteiger charge is 2.40. The molecule has 2 nitrogen and oxygen atoms in total.